The van der Waals surface area contributed by atoms with Crippen LogP contribution in [-0.4, -0.2) is 64.1 Å². The molecule has 0 aliphatic carbocycles. The van der Waals surface area contributed by atoms with E-state index in [1.807, 2.05) is 0 Å². The maximum Gasteiger partial charge on any atom is 0.0593 e. The van der Waals surface area contributed by atoms with Gasteiger partial charge in [-0.05, 0) is 38.9 Å². The van der Waals surface area contributed by atoms with Crippen molar-refractivity contribution in [2.24, 2.45) is 0 Å². The number of methoxy groups -OCH3 is 1. The standard InChI is InChI=1S/C13H28N2O2/c1-3-15(13-5-7-14-8-6-13)9-12-17-11-4-10-16-2/h13-14H,3-12H2,1-2H3. The SMILES string of the molecule is CCN(CCOCCCOC)C1CCNCC1. The summed E-state index contributed by atoms with van der Waals surface area (Å²) in [6.45, 7) is 9.23. The monoisotopic (exact) mass is 244 g/mol. The van der Waals surface area contributed by atoms with Crippen molar-refractivity contribution in [2.75, 3.05) is 53.1 Å². The summed E-state index contributed by atoms with van der Waals surface area (Å²) in [5.74, 6) is 0. The van der Waals surface area contributed by atoms with Crippen LogP contribution in [0.5, 0.6) is 0 Å². The van der Waals surface area contributed by atoms with E-state index >= 15 is 0 Å². The molecule has 0 atom stereocenters. The molecule has 0 aromatic heterocycles. The van der Waals surface area contributed by atoms with Gasteiger partial charge in [-0.15, -0.1) is 0 Å². The van der Waals surface area contributed by atoms with Crippen LogP contribution in [0.15, 0.2) is 0 Å². The van der Waals surface area contributed by atoms with E-state index in [0.29, 0.717) is 0 Å². The van der Waals surface area contributed by atoms with Crippen LogP contribution in [0, 0.1) is 0 Å². The van der Waals surface area contributed by atoms with E-state index in [0.717, 1.165) is 58.5 Å². The van der Waals surface area contributed by atoms with Crippen molar-refractivity contribution in [3.05, 3.63) is 0 Å². The van der Waals surface area contributed by atoms with Crippen molar-refractivity contribution in [1.29, 1.82) is 0 Å². The second kappa shape index (κ2) is 9.83. The molecule has 0 saturated carbocycles. The predicted octanol–water partition coefficient (Wildman–Crippen LogP) is 1.11. The van der Waals surface area contributed by atoms with Gasteiger partial charge in [0.05, 0.1) is 6.61 Å². The second-order valence-corrected chi connectivity index (χ2v) is 4.57. The molecule has 0 unspecified atom stereocenters. The Labute approximate surface area is 106 Å². The van der Waals surface area contributed by atoms with Gasteiger partial charge in [0.15, 0.2) is 0 Å². The molecule has 0 aromatic rings. The molecule has 4 nitrogen and oxygen atoms in total. The number of piperidine rings is 1. The fourth-order valence-electron chi connectivity index (χ4n) is 2.36. The first-order valence-electron chi connectivity index (χ1n) is 6.90. The van der Waals surface area contributed by atoms with E-state index in [4.69, 9.17) is 9.47 Å². The van der Waals surface area contributed by atoms with Crippen molar-refractivity contribution in [2.45, 2.75) is 32.2 Å². The van der Waals surface area contributed by atoms with E-state index in [2.05, 4.69) is 17.1 Å². The Hall–Kier alpha value is -0.160. The first-order valence-corrected chi connectivity index (χ1v) is 6.90. The van der Waals surface area contributed by atoms with Crippen molar-refractivity contribution >= 4 is 0 Å². The van der Waals surface area contributed by atoms with Crippen molar-refractivity contribution in [1.82, 2.24) is 10.2 Å². The van der Waals surface area contributed by atoms with Gasteiger partial charge < -0.3 is 14.8 Å². The Balaban J connectivity index is 2.05. The van der Waals surface area contributed by atoms with Crippen LogP contribution >= 0.6 is 0 Å². The van der Waals surface area contributed by atoms with Crippen LogP contribution in [0.3, 0.4) is 0 Å². The molecule has 102 valence electrons. The summed E-state index contributed by atoms with van der Waals surface area (Å²) in [7, 11) is 1.73. The Morgan fingerprint density at radius 1 is 1.18 bits per heavy atom. The lowest BCUT2D eigenvalue weighted by Gasteiger charge is -2.33. The third kappa shape index (κ3) is 6.36. The lowest BCUT2D eigenvalue weighted by Crippen LogP contribution is -2.44. The Bertz CT molecular complexity index is 173. The fraction of sp³-hybridized carbons (Fsp3) is 1.00. The molecule has 1 rings (SSSR count). The normalized spacial score (nSPS) is 17.8. The summed E-state index contributed by atoms with van der Waals surface area (Å²) in [5, 5.41) is 3.41. The smallest absolute Gasteiger partial charge is 0.0593 e. The highest BCUT2D eigenvalue weighted by Gasteiger charge is 2.18. The predicted molar refractivity (Wildman–Crippen MR) is 70.5 cm³/mol. The molecule has 0 spiro atoms. The minimum absolute atomic E-state index is 0.754. The molecule has 0 radical (unpaired) electrons. The van der Waals surface area contributed by atoms with Crippen LogP contribution < -0.4 is 5.32 Å². The topological polar surface area (TPSA) is 33.7 Å². The summed E-state index contributed by atoms with van der Waals surface area (Å²) in [6.07, 6.45) is 3.55. The maximum atomic E-state index is 5.62. The average Bonchev–Trinajstić information content (AvgIpc) is 2.39. The molecule has 4 heteroatoms. The zero-order valence-corrected chi connectivity index (χ0v) is 11.4. The van der Waals surface area contributed by atoms with Crippen LogP contribution in [0.1, 0.15) is 26.2 Å². The molecular formula is C13H28N2O2. The van der Waals surface area contributed by atoms with Crippen LogP contribution in [0.2, 0.25) is 0 Å². The van der Waals surface area contributed by atoms with Crippen LogP contribution in [0.4, 0.5) is 0 Å². The zero-order valence-electron chi connectivity index (χ0n) is 11.4. The molecule has 17 heavy (non-hydrogen) atoms. The molecule has 1 heterocycles. The highest BCUT2D eigenvalue weighted by atomic mass is 16.5. The summed E-state index contributed by atoms with van der Waals surface area (Å²) >= 11 is 0. The minimum atomic E-state index is 0.754. The lowest BCUT2D eigenvalue weighted by atomic mass is 10.1. The Morgan fingerprint density at radius 2 is 1.94 bits per heavy atom. The fourth-order valence-corrected chi connectivity index (χ4v) is 2.36. The first kappa shape index (κ1) is 14.9. The highest BCUT2D eigenvalue weighted by Crippen LogP contribution is 2.10. The summed E-state index contributed by atoms with van der Waals surface area (Å²) in [6, 6.07) is 0.754. The minimum Gasteiger partial charge on any atom is -0.385 e. The quantitative estimate of drug-likeness (QED) is 0.616. The molecule has 1 aliphatic rings. The number of hydrogen-bond donors (Lipinski definition) is 1. The molecule has 1 fully saturated rings. The summed E-state index contributed by atoms with van der Waals surface area (Å²) < 4.78 is 10.6. The van der Waals surface area contributed by atoms with Crippen LogP contribution in [-0.2, 0) is 9.47 Å². The van der Waals surface area contributed by atoms with E-state index in [-0.39, 0.29) is 0 Å². The van der Waals surface area contributed by atoms with Gasteiger partial charge in [-0.2, -0.15) is 0 Å². The van der Waals surface area contributed by atoms with Gasteiger partial charge in [-0.25, -0.2) is 0 Å². The Morgan fingerprint density at radius 3 is 2.59 bits per heavy atom. The molecule has 0 amide bonds. The van der Waals surface area contributed by atoms with E-state index in [1.165, 1.54) is 12.8 Å². The highest BCUT2D eigenvalue weighted by molar-refractivity contribution is 4.76. The zero-order chi connectivity index (χ0) is 12.3. The van der Waals surface area contributed by atoms with Crippen molar-refractivity contribution in [3.8, 4) is 0 Å². The summed E-state index contributed by atoms with van der Waals surface area (Å²) in [4.78, 5) is 2.55. The number of hydrogen-bond acceptors (Lipinski definition) is 4. The maximum absolute atomic E-state index is 5.62. The molecule has 0 bridgehead atoms. The molecule has 0 aromatic carbocycles. The number of ether oxygens (including phenoxy) is 2. The first-order chi connectivity index (χ1) is 8.38. The number of nitrogens with zero attached hydrogens (tertiary/aromatic N) is 1. The Kier molecular flexibility index (Phi) is 8.61. The van der Waals surface area contributed by atoms with Gasteiger partial charge in [-0.1, -0.05) is 6.92 Å². The molecule has 1 N–H and O–H groups in total. The van der Waals surface area contributed by atoms with Crippen LogP contribution in [0.25, 0.3) is 0 Å². The van der Waals surface area contributed by atoms with Gasteiger partial charge in [0.1, 0.15) is 0 Å². The third-order valence-electron chi connectivity index (χ3n) is 3.39. The van der Waals surface area contributed by atoms with E-state index in [1.54, 1.807) is 7.11 Å². The van der Waals surface area contributed by atoms with Crippen molar-refractivity contribution < 1.29 is 9.47 Å². The number of rotatable bonds is 9. The molecule has 1 saturated heterocycles. The third-order valence-corrected chi connectivity index (χ3v) is 3.39. The largest absolute Gasteiger partial charge is 0.385 e. The number of likely N-dealkylation sites (N-methyl/N-ethyl adjacent to an activating group) is 1. The van der Waals surface area contributed by atoms with Crippen molar-refractivity contribution in [3.63, 3.8) is 0 Å². The van der Waals surface area contributed by atoms with Gasteiger partial charge in [0.2, 0.25) is 0 Å². The molecular weight excluding hydrogens is 216 g/mol. The molecule has 1 aliphatic heterocycles. The van der Waals surface area contributed by atoms with E-state index < -0.39 is 0 Å². The van der Waals surface area contributed by atoms with E-state index in [9.17, 15) is 0 Å². The second-order valence-electron chi connectivity index (χ2n) is 4.57. The average molecular weight is 244 g/mol. The van der Waals surface area contributed by atoms with Gasteiger partial charge in [0, 0.05) is 32.9 Å². The lowest BCUT2D eigenvalue weighted by molar-refractivity contribution is 0.0682. The van der Waals surface area contributed by atoms with Gasteiger partial charge >= 0.3 is 0 Å². The number of nitrogens with one attached hydrogen (secondary N) is 1. The summed E-state index contributed by atoms with van der Waals surface area (Å²) in [5.41, 5.74) is 0. The van der Waals surface area contributed by atoms with Gasteiger partial charge in [0.25, 0.3) is 0 Å². The van der Waals surface area contributed by atoms with Gasteiger partial charge in [-0.3, -0.25) is 4.90 Å².